The van der Waals surface area contributed by atoms with Crippen LogP contribution < -0.4 is 10.3 Å². The van der Waals surface area contributed by atoms with E-state index in [9.17, 15) is 18.4 Å². The van der Waals surface area contributed by atoms with Gasteiger partial charge in [0.2, 0.25) is 0 Å². The first-order chi connectivity index (χ1) is 20.9. The number of ether oxygens (including phenoxy) is 2. The molecule has 44 heavy (non-hydrogen) atoms. The van der Waals surface area contributed by atoms with Crippen molar-refractivity contribution in [1.29, 1.82) is 0 Å². The van der Waals surface area contributed by atoms with E-state index in [1.54, 1.807) is 29.0 Å². The molecule has 3 aromatic carbocycles. The second-order valence-corrected chi connectivity index (χ2v) is 12.3. The van der Waals surface area contributed by atoms with Crippen LogP contribution in [0.2, 0.25) is 0 Å². The van der Waals surface area contributed by atoms with Crippen LogP contribution in [0.5, 0.6) is 5.75 Å². The number of Topliss-reactive ketones (excluding diaryl/α,β-unsaturated/α-hetero) is 1. The number of nitrogens with zero attached hydrogens (tertiary/aromatic N) is 2. The smallest absolute Gasteiger partial charge is 0.263 e. The van der Waals surface area contributed by atoms with E-state index in [0.29, 0.717) is 23.3 Å². The normalized spacial score (nSPS) is 13.8. The molecule has 3 heterocycles. The number of fused-ring (bicyclic) bond motifs is 1. The van der Waals surface area contributed by atoms with Crippen LogP contribution in [-0.2, 0) is 22.5 Å². The van der Waals surface area contributed by atoms with Crippen LogP contribution in [0, 0.1) is 6.92 Å². The summed E-state index contributed by atoms with van der Waals surface area (Å²) >= 11 is 0. The average Bonchev–Trinajstić information content (AvgIpc) is 2.97. The number of aryl methyl sites for hydroxylation is 1. The number of carbonyl (C=O) groups excluding carboxylic acids is 1. The molecule has 1 atom stereocenters. The topological polar surface area (TPSA) is 70.4 Å². The molecule has 0 aliphatic carbocycles. The molecule has 0 N–H and O–H groups in total. The summed E-state index contributed by atoms with van der Waals surface area (Å²) in [5, 5.41) is 1.64. The van der Waals surface area contributed by atoms with E-state index in [2.05, 4.69) is 0 Å². The van der Waals surface area contributed by atoms with Gasteiger partial charge in [0.15, 0.2) is 5.78 Å². The van der Waals surface area contributed by atoms with Crippen molar-refractivity contribution in [2.24, 2.45) is 0 Å². The lowest BCUT2D eigenvalue weighted by Crippen LogP contribution is -2.27. The van der Waals surface area contributed by atoms with Crippen molar-refractivity contribution in [3.05, 3.63) is 105 Å². The van der Waals surface area contributed by atoms with Gasteiger partial charge < -0.3 is 14.0 Å². The Morgan fingerprint density at radius 1 is 1.09 bits per heavy atom. The van der Waals surface area contributed by atoms with E-state index in [1.165, 1.54) is 25.1 Å². The van der Waals surface area contributed by atoms with Gasteiger partial charge in [0, 0.05) is 40.6 Å². The number of hydrogen-bond acceptors (Lipinski definition) is 5. The van der Waals surface area contributed by atoms with Crippen molar-refractivity contribution in [3.63, 3.8) is 0 Å². The first kappa shape index (κ1) is 29.6. The summed E-state index contributed by atoms with van der Waals surface area (Å²) in [5.41, 5.74) is 5.04. The van der Waals surface area contributed by atoms with Gasteiger partial charge in [-0.1, -0.05) is 18.2 Å². The van der Waals surface area contributed by atoms with Crippen LogP contribution in [0.4, 0.5) is 8.78 Å². The zero-order chi connectivity index (χ0) is 31.3. The lowest BCUT2D eigenvalue weighted by molar-refractivity contribution is -0.138. The number of alkyl halides is 2. The van der Waals surface area contributed by atoms with E-state index in [0.717, 1.165) is 50.7 Å². The molecule has 0 saturated heterocycles. The molecule has 6 rings (SSSR count). The van der Waals surface area contributed by atoms with Gasteiger partial charge in [-0.05, 0) is 98.8 Å². The molecule has 2 aromatic heterocycles. The van der Waals surface area contributed by atoms with E-state index in [4.69, 9.17) is 14.5 Å². The fraction of sp³-hybridized carbons (Fsp3) is 0.306. The van der Waals surface area contributed by atoms with Gasteiger partial charge in [0.25, 0.3) is 12.0 Å². The summed E-state index contributed by atoms with van der Waals surface area (Å²) in [5.74, 6) is 0.598. The molecule has 0 unspecified atom stereocenters. The van der Waals surface area contributed by atoms with Crippen molar-refractivity contribution >= 4 is 27.6 Å². The number of hydrogen-bond donors (Lipinski definition) is 0. The molecule has 0 bridgehead atoms. The van der Waals surface area contributed by atoms with Gasteiger partial charge in [-0.3, -0.25) is 14.6 Å². The maximum atomic E-state index is 13.5. The third-order valence-electron chi connectivity index (χ3n) is 8.03. The predicted octanol–water partition coefficient (Wildman–Crippen LogP) is 7.89. The summed E-state index contributed by atoms with van der Waals surface area (Å²) in [6.07, 6.45) is -0.975. The zero-order valence-corrected chi connectivity index (χ0v) is 25.4. The highest BCUT2D eigenvalue weighted by atomic mass is 19.3. The zero-order valence-electron chi connectivity index (χ0n) is 25.4. The Balaban J connectivity index is 1.69. The molecule has 8 heteroatoms. The van der Waals surface area contributed by atoms with E-state index in [-0.39, 0.29) is 23.5 Å². The summed E-state index contributed by atoms with van der Waals surface area (Å²) in [7, 11) is 0. The number of benzene rings is 3. The maximum Gasteiger partial charge on any atom is 0.263 e. The van der Waals surface area contributed by atoms with Gasteiger partial charge in [-0.2, -0.15) is 0 Å². The Bertz CT molecular complexity index is 1980. The molecule has 226 valence electrons. The molecule has 5 aromatic rings. The first-order valence-electron chi connectivity index (χ1n) is 14.7. The van der Waals surface area contributed by atoms with E-state index >= 15 is 0 Å². The number of pyridine rings is 2. The van der Waals surface area contributed by atoms with Crippen molar-refractivity contribution in [3.8, 4) is 16.9 Å². The molecule has 0 fully saturated rings. The lowest BCUT2D eigenvalue weighted by Gasteiger charge is -2.30. The fourth-order valence-corrected chi connectivity index (χ4v) is 6.19. The van der Waals surface area contributed by atoms with Crippen LogP contribution in [0.3, 0.4) is 0 Å². The Kier molecular flexibility index (Phi) is 7.58. The number of aromatic nitrogens is 2. The van der Waals surface area contributed by atoms with Crippen LogP contribution in [-0.4, -0.2) is 27.5 Å². The highest BCUT2D eigenvalue weighted by Crippen LogP contribution is 2.45. The van der Waals surface area contributed by atoms with E-state index < -0.39 is 18.1 Å². The van der Waals surface area contributed by atoms with Crippen molar-refractivity contribution in [2.45, 2.75) is 65.7 Å². The van der Waals surface area contributed by atoms with Crippen molar-refractivity contribution < 1.29 is 23.0 Å². The SMILES string of the molecule is CC(=O)[C@@H](OC(C)(C)C)c1c(C)cc2c(ccc(=O)n2Cc2cccc(C(F)F)c2)c1-c1ccc2c3c(ccnc13)CCO2. The number of ketones is 1. The summed E-state index contributed by atoms with van der Waals surface area (Å²) < 4.78 is 41.0. The molecule has 6 nitrogen and oxygen atoms in total. The van der Waals surface area contributed by atoms with Crippen LogP contribution >= 0.6 is 0 Å². The number of halogens is 2. The highest BCUT2D eigenvalue weighted by Gasteiger charge is 2.31. The molecule has 1 aliphatic heterocycles. The maximum absolute atomic E-state index is 13.5. The van der Waals surface area contributed by atoms with Crippen LogP contribution in [0.1, 0.15) is 68.0 Å². The number of carbonyl (C=O) groups is 1. The van der Waals surface area contributed by atoms with Crippen molar-refractivity contribution in [1.82, 2.24) is 9.55 Å². The Hall–Kier alpha value is -4.43. The van der Waals surface area contributed by atoms with Gasteiger partial charge in [-0.25, -0.2) is 8.78 Å². The summed E-state index contributed by atoms with van der Waals surface area (Å²) in [4.78, 5) is 31.5. The van der Waals surface area contributed by atoms with Crippen LogP contribution in [0.25, 0.3) is 32.9 Å². The first-order valence-corrected chi connectivity index (χ1v) is 14.7. The molecule has 0 amide bonds. The molecular formula is C36H34F2N2O4. The highest BCUT2D eigenvalue weighted by molar-refractivity contribution is 6.08. The minimum atomic E-state index is -2.62. The molecule has 1 aliphatic rings. The monoisotopic (exact) mass is 596 g/mol. The third kappa shape index (κ3) is 5.39. The van der Waals surface area contributed by atoms with Gasteiger partial charge in [0.1, 0.15) is 11.9 Å². The lowest BCUT2D eigenvalue weighted by atomic mass is 9.85. The fourth-order valence-electron chi connectivity index (χ4n) is 6.19. The second kappa shape index (κ2) is 11.2. The van der Waals surface area contributed by atoms with Gasteiger partial charge in [0.05, 0.1) is 29.8 Å². The molecule has 0 saturated carbocycles. The Morgan fingerprint density at radius 2 is 1.89 bits per heavy atom. The summed E-state index contributed by atoms with van der Waals surface area (Å²) in [6.45, 7) is 9.82. The Labute approximate surface area is 254 Å². The molecule has 0 radical (unpaired) electrons. The van der Waals surface area contributed by atoms with E-state index in [1.807, 2.05) is 52.0 Å². The van der Waals surface area contributed by atoms with Gasteiger partial charge >= 0.3 is 0 Å². The predicted molar refractivity (Wildman–Crippen MR) is 168 cm³/mol. The van der Waals surface area contributed by atoms with Gasteiger partial charge in [-0.15, -0.1) is 0 Å². The quantitative estimate of drug-likeness (QED) is 0.191. The standard InChI is InChI=1S/C36H34F2N2O4/c1-20-17-27-25(10-12-29(42)40(27)19-22-7-6-8-24(18-22)35(37)38)32(30(20)34(21(2)41)44-36(3,4)5)26-9-11-28-31-23(14-16-43-28)13-15-39-33(26)31/h6-13,15,17-18,34-35H,14,16,19H2,1-5H3/t34-/m1/s1. The average molecular weight is 597 g/mol. The second-order valence-electron chi connectivity index (χ2n) is 12.3. The summed E-state index contributed by atoms with van der Waals surface area (Å²) in [6, 6.07) is 17.1. The largest absolute Gasteiger partial charge is 0.493 e. The molecule has 0 spiro atoms. The third-order valence-corrected chi connectivity index (χ3v) is 8.03. The molecular weight excluding hydrogens is 562 g/mol. The van der Waals surface area contributed by atoms with Crippen LogP contribution in [0.15, 0.2) is 71.7 Å². The minimum Gasteiger partial charge on any atom is -0.493 e. The van der Waals surface area contributed by atoms with Crippen molar-refractivity contribution in [2.75, 3.05) is 6.61 Å². The number of rotatable bonds is 7. The minimum absolute atomic E-state index is 0.0967. The Morgan fingerprint density at radius 3 is 2.61 bits per heavy atom.